The number of nitro benzene ring substituents is 1. The van der Waals surface area contributed by atoms with E-state index in [1.807, 2.05) is 6.07 Å². The fourth-order valence-corrected chi connectivity index (χ4v) is 3.08. The third kappa shape index (κ3) is 3.94. The van der Waals surface area contributed by atoms with E-state index in [1.165, 1.54) is 0 Å². The van der Waals surface area contributed by atoms with Crippen LogP contribution in [0.5, 0.6) is 0 Å². The normalized spacial score (nSPS) is 22.2. The van der Waals surface area contributed by atoms with Crippen molar-refractivity contribution < 1.29 is 9.66 Å². The highest BCUT2D eigenvalue weighted by Crippen LogP contribution is 2.30. The Morgan fingerprint density at radius 2 is 2.10 bits per heavy atom. The zero-order valence-corrected chi connectivity index (χ0v) is 12.7. The monoisotopic (exact) mass is 292 g/mol. The molecule has 2 rings (SSSR count). The van der Waals surface area contributed by atoms with Crippen molar-refractivity contribution >= 4 is 11.4 Å². The Morgan fingerprint density at radius 1 is 1.38 bits per heavy atom. The molecule has 2 atom stereocenters. The Bertz CT molecular complexity index is 474. The summed E-state index contributed by atoms with van der Waals surface area (Å²) in [6.45, 7) is 5.10. The van der Waals surface area contributed by atoms with Gasteiger partial charge in [-0.25, -0.2) is 0 Å². The molecule has 1 N–H and O–H groups in total. The number of hydrogen-bond donors (Lipinski definition) is 1. The molecule has 0 aromatic heterocycles. The van der Waals surface area contributed by atoms with Crippen molar-refractivity contribution in [1.29, 1.82) is 0 Å². The molecule has 1 aliphatic heterocycles. The highest BCUT2D eigenvalue weighted by Gasteiger charge is 2.28. The zero-order valence-electron chi connectivity index (χ0n) is 12.7. The summed E-state index contributed by atoms with van der Waals surface area (Å²) in [6, 6.07) is 7.08. The van der Waals surface area contributed by atoms with Crippen LogP contribution in [-0.2, 0) is 4.74 Å². The molecule has 1 aromatic carbocycles. The molecule has 1 saturated heterocycles. The van der Waals surface area contributed by atoms with Crippen LogP contribution in [0.3, 0.4) is 0 Å². The lowest BCUT2D eigenvalue weighted by molar-refractivity contribution is -0.384. The van der Waals surface area contributed by atoms with Crippen LogP contribution < -0.4 is 5.32 Å². The van der Waals surface area contributed by atoms with Gasteiger partial charge < -0.3 is 10.1 Å². The molecule has 0 bridgehead atoms. The number of hydrogen-bond acceptors (Lipinski definition) is 4. The van der Waals surface area contributed by atoms with E-state index in [0.29, 0.717) is 11.6 Å². The SMILES string of the molecule is CCC(CC)C1CC(Nc2ccccc2[N+](=O)[O-])CCO1. The first-order chi connectivity index (χ1) is 10.2. The minimum atomic E-state index is -0.333. The second-order valence-corrected chi connectivity index (χ2v) is 5.63. The predicted octanol–water partition coefficient (Wildman–Crippen LogP) is 3.99. The van der Waals surface area contributed by atoms with E-state index in [9.17, 15) is 10.1 Å². The first kappa shape index (κ1) is 15.8. The van der Waals surface area contributed by atoms with Gasteiger partial charge in [0.15, 0.2) is 0 Å². The Hall–Kier alpha value is -1.62. The topological polar surface area (TPSA) is 64.4 Å². The van der Waals surface area contributed by atoms with Crippen molar-refractivity contribution in [2.75, 3.05) is 11.9 Å². The summed E-state index contributed by atoms with van der Waals surface area (Å²) >= 11 is 0. The Balaban J connectivity index is 2.04. The average molecular weight is 292 g/mol. The number of nitro groups is 1. The summed E-state index contributed by atoms with van der Waals surface area (Å²) in [6.07, 6.45) is 4.29. The van der Waals surface area contributed by atoms with Gasteiger partial charge in [0, 0.05) is 18.7 Å². The average Bonchev–Trinajstić information content (AvgIpc) is 2.49. The number of ether oxygens (including phenoxy) is 1. The lowest BCUT2D eigenvalue weighted by atomic mass is 9.89. The second-order valence-electron chi connectivity index (χ2n) is 5.63. The van der Waals surface area contributed by atoms with Crippen molar-refractivity contribution in [2.24, 2.45) is 5.92 Å². The minimum Gasteiger partial charge on any atom is -0.378 e. The summed E-state index contributed by atoms with van der Waals surface area (Å²) in [5.41, 5.74) is 0.751. The van der Waals surface area contributed by atoms with Gasteiger partial charge in [0.2, 0.25) is 0 Å². The Morgan fingerprint density at radius 3 is 2.76 bits per heavy atom. The van der Waals surface area contributed by atoms with E-state index in [0.717, 1.165) is 32.3 Å². The van der Waals surface area contributed by atoms with Crippen LogP contribution >= 0.6 is 0 Å². The van der Waals surface area contributed by atoms with Gasteiger partial charge >= 0.3 is 0 Å². The van der Waals surface area contributed by atoms with Gasteiger partial charge in [-0.05, 0) is 24.8 Å². The van der Waals surface area contributed by atoms with Crippen molar-refractivity contribution in [1.82, 2.24) is 0 Å². The smallest absolute Gasteiger partial charge is 0.292 e. The molecular weight excluding hydrogens is 268 g/mol. The second kappa shape index (κ2) is 7.41. The molecule has 2 unspecified atom stereocenters. The maximum absolute atomic E-state index is 11.1. The van der Waals surface area contributed by atoms with Crippen molar-refractivity contribution in [2.45, 2.75) is 51.7 Å². The number of nitrogens with one attached hydrogen (secondary N) is 1. The molecule has 1 aromatic rings. The number of nitrogens with zero attached hydrogens (tertiary/aromatic N) is 1. The molecule has 0 radical (unpaired) electrons. The van der Waals surface area contributed by atoms with Crippen LogP contribution in [0.15, 0.2) is 24.3 Å². The summed E-state index contributed by atoms with van der Waals surface area (Å²) in [7, 11) is 0. The molecule has 0 spiro atoms. The van der Waals surface area contributed by atoms with Gasteiger partial charge in [-0.2, -0.15) is 0 Å². The fraction of sp³-hybridized carbons (Fsp3) is 0.625. The van der Waals surface area contributed by atoms with Crippen LogP contribution in [0, 0.1) is 16.0 Å². The van der Waals surface area contributed by atoms with Crippen molar-refractivity contribution in [3.8, 4) is 0 Å². The van der Waals surface area contributed by atoms with Crippen LogP contribution in [0.4, 0.5) is 11.4 Å². The number of anilines is 1. The highest BCUT2D eigenvalue weighted by atomic mass is 16.6. The highest BCUT2D eigenvalue weighted by molar-refractivity contribution is 5.61. The van der Waals surface area contributed by atoms with Crippen LogP contribution in [0.1, 0.15) is 39.5 Å². The molecule has 116 valence electrons. The number of rotatable bonds is 6. The Labute approximate surface area is 125 Å². The van der Waals surface area contributed by atoms with Gasteiger partial charge in [-0.1, -0.05) is 38.8 Å². The van der Waals surface area contributed by atoms with Gasteiger partial charge in [0.25, 0.3) is 5.69 Å². The van der Waals surface area contributed by atoms with Crippen LogP contribution in [0.2, 0.25) is 0 Å². The molecule has 0 saturated carbocycles. The van der Waals surface area contributed by atoms with Gasteiger partial charge in [0.05, 0.1) is 11.0 Å². The van der Waals surface area contributed by atoms with E-state index in [-0.39, 0.29) is 22.8 Å². The van der Waals surface area contributed by atoms with E-state index >= 15 is 0 Å². The number of para-hydroxylation sites is 2. The minimum absolute atomic E-state index is 0.142. The summed E-state index contributed by atoms with van der Waals surface area (Å²) < 4.78 is 5.89. The largest absolute Gasteiger partial charge is 0.378 e. The molecule has 5 heteroatoms. The molecule has 0 amide bonds. The first-order valence-corrected chi connectivity index (χ1v) is 7.77. The van der Waals surface area contributed by atoms with E-state index in [4.69, 9.17) is 4.74 Å². The number of benzene rings is 1. The summed E-state index contributed by atoms with van der Waals surface area (Å²) in [4.78, 5) is 10.7. The molecule has 5 nitrogen and oxygen atoms in total. The molecule has 1 heterocycles. The third-order valence-electron chi connectivity index (χ3n) is 4.35. The quantitative estimate of drug-likeness (QED) is 0.636. The van der Waals surface area contributed by atoms with Crippen LogP contribution in [-0.4, -0.2) is 23.7 Å². The van der Waals surface area contributed by atoms with Gasteiger partial charge in [-0.15, -0.1) is 0 Å². The van der Waals surface area contributed by atoms with Crippen LogP contribution in [0.25, 0.3) is 0 Å². The first-order valence-electron chi connectivity index (χ1n) is 7.77. The fourth-order valence-electron chi connectivity index (χ4n) is 3.08. The third-order valence-corrected chi connectivity index (χ3v) is 4.35. The molecule has 1 aliphatic rings. The molecular formula is C16H24N2O3. The predicted molar refractivity (Wildman–Crippen MR) is 83.6 cm³/mol. The lowest BCUT2D eigenvalue weighted by Gasteiger charge is -2.34. The lowest BCUT2D eigenvalue weighted by Crippen LogP contribution is -2.38. The van der Waals surface area contributed by atoms with Gasteiger partial charge in [-0.3, -0.25) is 10.1 Å². The van der Waals surface area contributed by atoms with Gasteiger partial charge in [0.1, 0.15) is 5.69 Å². The summed E-state index contributed by atoms with van der Waals surface area (Å²) in [5.74, 6) is 0.570. The van der Waals surface area contributed by atoms with Crippen molar-refractivity contribution in [3.63, 3.8) is 0 Å². The maximum Gasteiger partial charge on any atom is 0.292 e. The zero-order chi connectivity index (χ0) is 15.2. The maximum atomic E-state index is 11.1. The standard InChI is InChI=1S/C16H24N2O3/c1-3-12(4-2)16-11-13(9-10-21-16)17-14-7-5-6-8-15(14)18(19)20/h5-8,12-13,16-17H,3-4,9-11H2,1-2H3. The summed E-state index contributed by atoms with van der Waals surface area (Å²) in [5, 5.41) is 14.4. The van der Waals surface area contributed by atoms with Crippen molar-refractivity contribution in [3.05, 3.63) is 34.4 Å². The molecule has 0 aliphatic carbocycles. The molecule has 21 heavy (non-hydrogen) atoms. The van der Waals surface area contributed by atoms with E-state index in [1.54, 1.807) is 18.2 Å². The van der Waals surface area contributed by atoms with E-state index in [2.05, 4.69) is 19.2 Å². The molecule has 1 fully saturated rings. The Kier molecular flexibility index (Phi) is 5.56. The van der Waals surface area contributed by atoms with E-state index < -0.39 is 0 Å².